The Bertz CT molecular complexity index is 1550. The van der Waals surface area contributed by atoms with Crippen LogP contribution in [0.1, 0.15) is 34.1 Å². The molecule has 230 valence electrons. The fourth-order valence-corrected chi connectivity index (χ4v) is 6.11. The van der Waals surface area contributed by atoms with Crippen molar-refractivity contribution in [2.75, 3.05) is 43.2 Å². The van der Waals surface area contributed by atoms with Gasteiger partial charge in [0.05, 0.1) is 32.0 Å². The van der Waals surface area contributed by atoms with Crippen LogP contribution in [-0.2, 0) is 10.8 Å². The van der Waals surface area contributed by atoms with E-state index in [4.69, 9.17) is 0 Å². The number of likely N-dealkylation sites (N-methyl/N-ethyl adjacent to an activating group) is 1. The van der Waals surface area contributed by atoms with Gasteiger partial charge in [-0.05, 0) is 33.0 Å². The van der Waals surface area contributed by atoms with E-state index in [9.17, 15) is 27.3 Å². The molecule has 11 nitrogen and oxygen atoms in total. The first-order valence-corrected chi connectivity index (χ1v) is 16.1. The first-order chi connectivity index (χ1) is 20.3. The van der Waals surface area contributed by atoms with Crippen molar-refractivity contribution >= 4 is 56.7 Å². The quantitative estimate of drug-likeness (QED) is 0.273. The molecule has 17 heteroatoms. The van der Waals surface area contributed by atoms with Gasteiger partial charge in [0.25, 0.3) is 0 Å². The van der Waals surface area contributed by atoms with E-state index in [2.05, 4.69) is 30.2 Å². The maximum Gasteiger partial charge on any atom is 0.405 e. The molecule has 43 heavy (non-hydrogen) atoms. The number of carbonyl (C=O) groups excluding carboxylic acids is 1. The van der Waals surface area contributed by atoms with Crippen molar-refractivity contribution in [3.63, 3.8) is 0 Å². The molecule has 0 amide bonds. The Kier molecular flexibility index (Phi) is 10.5. The lowest BCUT2D eigenvalue weighted by Gasteiger charge is -2.40. The second-order valence-electron chi connectivity index (χ2n) is 9.56. The van der Waals surface area contributed by atoms with E-state index in [1.165, 1.54) is 64.4 Å². The molecule has 3 unspecified atom stereocenters. The van der Waals surface area contributed by atoms with Crippen molar-refractivity contribution in [3.8, 4) is 10.6 Å². The third kappa shape index (κ3) is 8.38. The third-order valence-corrected chi connectivity index (χ3v) is 9.30. The molecule has 1 saturated heterocycles. The van der Waals surface area contributed by atoms with Crippen LogP contribution in [0.5, 0.6) is 0 Å². The Balaban J connectivity index is 0.000000199. The van der Waals surface area contributed by atoms with Gasteiger partial charge in [0.15, 0.2) is 11.4 Å². The average molecular weight is 655 g/mol. The van der Waals surface area contributed by atoms with E-state index < -0.39 is 29.1 Å². The van der Waals surface area contributed by atoms with Gasteiger partial charge in [0.2, 0.25) is 5.95 Å². The molecule has 0 aromatic carbocycles. The van der Waals surface area contributed by atoms with Crippen molar-refractivity contribution < 1.29 is 27.3 Å². The first kappa shape index (κ1) is 32.5. The van der Waals surface area contributed by atoms with Gasteiger partial charge in [-0.25, -0.2) is 24.9 Å². The molecule has 4 aromatic heterocycles. The van der Waals surface area contributed by atoms with Crippen LogP contribution in [0.4, 0.5) is 30.1 Å². The van der Waals surface area contributed by atoms with Crippen LogP contribution in [0, 0.1) is 6.92 Å². The van der Waals surface area contributed by atoms with Gasteiger partial charge < -0.3 is 15.3 Å². The number of nitrogens with one attached hydrogen (secondary N) is 1. The smallest absolute Gasteiger partial charge is 0.386 e. The monoisotopic (exact) mass is 654 g/mol. The van der Waals surface area contributed by atoms with E-state index in [0.717, 1.165) is 22.6 Å². The summed E-state index contributed by atoms with van der Waals surface area (Å²) in [7, 11) is 0.257. The number of aliphatic hydroxyl groups is 1. The topological polar surface area (TPSA) is 137 Å². The van der Waals surface area contributed by atoms with Crippen LogP contribution >= 0.6 is 22.7 Å². The van der Waals surface area contributed by atoms with Crippen LogP contribution in [-0.4, -0.2) is 90.6 Å². The standard InChI is InChI=1S/C15H14N4O2S2.C11H15F3N4OS/c1-8-13(23-14(17-8)9(2)21)11-7-22-15(18-11)19-12-4-3-10(6-20)5-16-12;1-17-3-4-18(7-9(17)11(12,13)14)10-15-5-8(6-16-10)20(2)19/h3-7,9,21H,1-2H3,(H,16,18,19);5-6,9H,3-4,7H2,1-2H3. The molecule has 0 radical (unpaired) electrons. The summed E-state index contributed by atoms with van der Waals surface area (Å²) in [4.78, 5) is 35.9. The van der Waals surface area contributed by atoms with Gasteiger partial charge >= 0.3 is 6.18 Å². The average Bonchev–Trinajstić information content (AvgIpc) is 3.60. The maximum atomic E-state index is 12.9. The highest BCUT2D eigenvalue weighted by Gasteiger charge is 2.45. The molecule has 1 aliphatic rings. The van der Waals surface area contributed by atoms with Crippen molar-refractivity contribution in [3.05, 3.63) is 52.4 Å². The first-order valence-electron chi connectivity index (χ1n) is 12.8. The number of anilines is 3. The van der Waals surface area contributed by atoms with Crippen molar-refractivity contribution in [2.24, 2.45) is 0 Å². The fraction of sp³-hybridized carbons (Fsp3) is 0.385. The van der Waals surface area contributed by atoms with Gasteiger partial charge in [-0.3, -0.25) is 13.9 Å². The minimum Gasteiger partial charge on any atom is -0.386 e. The maximum absolute atomic E-state index is 12.9. The highest BCUT2D eigenvalue weighted by molar-refractivity contribution is 7.84. The third-order valence-electron chi connectivity index (χ3n) is 6.32. The minimum atomic E-state index is -4.28. The zero-order chi connectivity index (χ0) is 31.3. The summed E-state index contributed by atoms with van der Waals surface area (Å²) in [6, 6.07) is 1.90. The second-order valence-corrected chi connectivity index (χ2v) is 12.8. The summed E-state index contributed by atoms with van der Waals surface area (Å²) in [5.74, 6) is 0.865. The van der Waals surface area contributed by atoms with Crippen LogP contribution in [0.2, 0.25) is 0 Å². The molecule has 1 fully saturated rings. The molecule has 3 atom stereocenters. The van der Waals surface area contributed by atoms with Crippen LogP contribution in [0.15, 0.2) is 41.0 Å². The summed E-state index contributed by atoms with van der Waals surface area (Å²) in [6.07, 6.45) is 1.67. The van der Waals surface area contributed by atoms with E-state index in [-0.39, 0.29) is 19.0 Å². The van der Waals surface area contributed by atoms with Crippen molar-refractivity contribution in [2.45, 2.75) is 37.1 Å². The molecule has 0 saturated carbocycles. The van der Waals surface area contributed by atoms with Gasteiger partial charge in [-0.15, -0.1) is 22.7 Å². The number of aryl methyl sites for hydroxylation is 1. The summed E-state index contributed by atoms with van der Waals surface area (Å²) in [5.41, 5.74) is 2.21. The number of thiazole rings is 2. The highest BCUT2D eigenvalue weighted by atomic mass is 32.2. The lowest BCUT2D eigenvalue weighted by atomic mass is 10.2. The number of aldehydes is 1. The van der Waals surface area contributed by atoms with Crippen LogP contribution in [0.25, 0.3) is 10.6 Å². The largest absolute Gasteiger partial charge is 0.405 e. The number of aliphatic hydroxyl groups excluding tert-OH is 1. The van der Waals surface area contributed by atoms with Gasteiger partial charge in [-0.1, -0.05) is 0 Å². The molecule has 4 aromatic rings. The summed E-state index contributed by atoms with van der Waals surface area (Å²) in [5, 5.41) is 16.1. The van der Waals surface area contributed by atoms with E-state index >= 15 is 0 Å². The number of carbonyl (C=O) groups is 1. The highest BCUT2D eigenvalue weighted by Crippen LogP contribution is 2.35. The molecular formula is C26H29F3N8O3S3. The molecule has 5 rings (SSSR count). The molecule has 0 bridgehead atoms. The number of pyridine rings is 1. The van der Waals surface area contributed by atoms with Crippen LogP contribution in [0.3, 0.4) is 0 Å². The Morgan fingerprint density at radius 3 is 2.44 bits per heavy atom. The Morgan fingerprint density at radius 1 is 1.16 bits per heavy atom. The van der Waals surface area contributed by atoms with Gasteiger partial charge in [0, 0.05) is 55.4 Å². The number of piperazine rings is 1. The van der Waals surface area contributed by atoms with E-state index in [1.54, 1.807) is 19.1 Å². The molecule has 2 N–H and O–H groups in total. The number of alkyl halides is 3. The summed E-state index contributed by atoms with van der Waals surface area (Å²) >= 11 is 2.91. The van der Waals surface area contributed by atoms with E-state index in [1.807, 2.05) is 12.3 Å². The predicted octanol–water partition coefficient (Wildman–Crippen LogP) is 4.48. The van der Waals surface area contributed by atoms with Crippen molar-refractivity contribution in [1.29, 1.82) is 0 Å². The summed E-state index contributed by atoms with van der Waals surface area (Å²) in [6.45, 7) is 4.12. The van der Waals surface area contributed by atoms with Crippen LogP contribution < -0.4 is 10.2 Å². The van der Waals surface area contributed by atoms with Gasteiger partial charge in [-0.2, -0.15) is 13.2 Å². The lowest BCUT2D eigenvalue weighted by molar-refractivity contribution is -0.180. The fourth-order valence-electron chi connectivity index (χ4n) is 3.96. The zero-order valence-corrected chi connectivity index (χ0v) is 26.0. The molecular weight excluding hydrogens is 626 g/mol. The Hall–Kier alpha value is -3.38. The summed E-state index contributed by atoms with van der Waals surface area (Å²) < 4.78 is 49.9. The number of hydrogen-bond acceptors (Lipinski definition) is 13. The number of rotatable bonds is 7. The number of halogens is 3. The lowest BCUT2D eigenvalue weighted by Crippen LogP contribution is -2.57. The van der Waals surface area contributed by atoms with E-state index in [0.29, 0.717) is 33.0 Å². The SMILES string of the molecule is CN1CCN(c2ncc(S(C)=O)cn2)CC1C(F)(F)F.Cc1nc(C(C)O)sc1-c1csc(Nc2ccc(C=O)cn2)n1. The normalized spacial score (nSPS) is 17.1. The molecule has 0 spiro atoms. The number of nitrogens with zero attached hydrogens (tertiary/aromatic N) is 7. The molecule has 0 aliphatic carbocycles. The Labute approximate surface area is 256 Å². The number of aromatic nitrogens is 5. The van der Waals surface area contributed by atoms with Crippen molar-refractivity contribution in [1.82, 2.24) is 29.8 Å². The second kappa shape index (κ2) is 13.9. The molecule has 1 aliphatic heterocycles. The minimum absolute atomic E-state index is 0.200. The predicted molar refractivity (Wildman–Crippen MR) is 161 cm³/mol. The number of hydrogen-bond donors (Lipinski definition) is 2. The Morgan fingerprint density at radius 2 is 1.88 bits per heavy atom. The zero-order valence-electron chi connectivity index (χ0n) is 23.6. The molecule has 5 heterocycles. The van der Waals surface area contributed by atoms with Gasteiger partial charge in [0.1, 0.15) is 23.0 Å².